The van der Waals surface area contributed by atoms with Crippen LogP contribution < -0.4 is 0 Å². The Morgan fingerprint density at radius 3 is 3.15 bits per heavy atom. The van der Waals surface area contributed by atoms with Gasteiger partial charge >= 0.3 is 0 Å². The maximum absolute atomic E-state index is 5.63. The lowest BCUT2D eigenvalue weighted by Crippen LogP contribution is -2.14. The standard InChI is InChI=1S/C10H13N2O/c1-8-6-11-7-12-10(8)9-4-2-3-5-13-9/h6,9H,2-5H2,1H3. The zero-order valence-electron chi connectivity index (χ0n) is 7.79. The first kappa shape index (κ1) is 8.63. The van der Waals surface area contributed by atoms with Crippen LogP contribution in [0.5, 0.6) is 0 Å². The Balaban J connectivity index is 2.18. The van der Waals surface area contributed by atoms with E-state index in [2.05, 4.69) is 16.3 Å². The maximum atomic E-state index is 5.63. The number of ether oxygens (including phenoxy) is 1. The molecule has 1 atom stereocenters. The number of aromatic nitrogens is 2. The highest BCUT2D eigenvalue weighted by atomic mass is 16.5. The normalized spacial score (nSPS) is 23.0. The van der Waals surface area contributed by atoms with Gasteiger partial charge in [-0.3, -0.25) is 0 Å². The topological polar surface area (TPSA) is 35.0 Å². The summed E-state index contributed by atoms with van der Waals surface area (Å²) in [6.45, 7) is 2.87. The van der Waals surface area contributed by atoms with Crippen molar-refractivity contribution < 1.29 is 4.74 Å². The molecule has 0 N–H and O–H groups in total. The Bertz CT molecular complexity index is 282. The van der Waals surface area contributed by atoms with Crippen LogP contribution in [0.15, 0.2) is 6.20 Å². The van der Waals surface area contributed by atoms with Crippen LogP contribution in [0.25, 0.3) is 0 Å². The van der Waals surface area contributed by atoms with E-state index in [1.165, 1.54) is 12.8 Å². The minimum atomic E-state index is 0.174. The Kier molecular flexibility index (Phi) is 2.54. The quantitative estimate of drug-likeness (QED) is 0.656. The molecule has 1 aliphatic heterocycles. The van der Waals surface area contributed by atoms with E-state index in [1.807, 2.05) is 6.92 Å². The molecule has 1 aromatic rings. The second kappa shape index (κ2) is 3.83. The molecule has 1 unspecified atom stereocenters. The summed E-state index contributed by atoms with van der Waals surface area (Å²) >= 11 is 0. The molecule has 1 radical (unpaired) electrons. The molecule has 0 amide bonds. The van der Waals surface area contributed by atoms with Gasteiger partial charge in [0.15, 0.2) is 6.33 Å². The molecule has 0 spiro atoms. The highest BCUT2D eigenvalue weighted by Gasteiger charge is 2.18. The third-order valence-electron chi connectivity index (χ3n) is 2.38. The molecule has 1 fully saturated rings. The van der Waals surface area contributed by atoms with Gasteiger partial charge in [-0.1, -0.05) is 0 Å². The lowest BCUT2D eigenvalue weighted by Gasteiger charge is -2.22. The molecule has 69 valence electrons. The molecule has 0 saturated carbocycles. The van der Waals surface area contributed by atoms with E-state index in [9.17, 15) is 0 Å². The maximum Gasteiger partial charge on any atom is 0.198 e. The lowest BCUT2D eigenvalue weighted by molar-refractivity contribution is 0.0118. The van der Waals surface area contributed by atoms with Crippen LogP contribution in [0.4, 0.5) is 0 Å². The molecule has 1 aromatic heterocycles. The van der Waals surface area contributed by atoms with Crippen LogP contribution in [0.1, 0.15) is 36.6 Å². The van der Waals surface area contributed by atoms with E-state index in [1.54, 1.807) is 6.20 Å². The van der Waals surface area contributed by atoms with Crippen LogP contribution in [-0.2, 0) is 4.74 Å². The highest BCUT2D eigenvalue weighted by molar-refractivity contribution is 5.16. The fraction of sp³-hybridized carbons (Fsp3) is 0.600. The first-order valence-corrected chi connectivity index (χ1v) is 4.69. The van der Waals surface area contributed by atoms with E-state index >= 15 is 0 Å². The van der Waals surface area contributed by atoms with Gasteiger partial charge in [0.2, 0.25) is 0 Å². The Morgan fingerprint density at radius 1 is 1.54 bits per heavy atom. The Labute approximate surface area is 78.2 Å². The average Bonchev–Trinajstić information content (AvgIpc) is 2.20. The Hall–Kier alpha value is -0.960. The van der Waals surface area contributed by atoms with Crippen molar-refractivity contribution in [3.63, 3.8) is 0 Å². The van der Waals surface area contributed by atoms with E-state index in [4.69, 9.17) is 4.74 Å². The van der Waals surface area contributed by atoms with Gasteiger partial charge in [0.05, 0.1) is 11.8 Å². The monoisotopic (exact) mass is 177 g/mol. The van der Waals surface area contributed by atoms with Crippen LogP contribution in [0, 0.1) is 13.3 Å². The minimum absolute atomic E-state index is 0.174. The molecule has 0 aliphatic carbocycles. The fourth-order valence-electron chi connectivity index (χ4n) is 1.65. The summed E-state index contributed by atoms with van der Waals surface area (Å²) < 4.78 is 5.63. The van der Waals surface area contributed by atoms with Gasteiger partial charge in [-0.25, -0.2) is 9.97 Å². The van der Waals surface area contributed by atoms with Crippen LogP contribution in [0.3, 0.4) is 0 Å². The molecule has 1 aliphatic rings. The van der Waals surface area contributed by atoms with Crippen molar-refractivity contribution in [3.8, 4) is 0 Å². The number of rotatable bonds is 1. The SMILES string of the molecule is Cc1cn[c]nc1C1CCCCO1. The third-order valence-corrected chi connectivity index (χ3v) is 2.38. The number of hydrogen-bond donors (Lipinski definition) is 0. The molecule has 3 nitrogen and oxygen atoms in total. The number of hydrogen-bond acceptors (Lipinski definition) is 3. The van der Waals surface area contributed by atoms with Crippen molar-refractivity contribution in [2.75, 3.05) is 6.61 Å². The molecule has 13 heavy (non-hydrogen) atoms. The molecule has 0 bridgehead atoms. The van der Waals surface area contributed by atoms with E-state index in [0.717, 1.165) is 24.3 Å². The highest BCUT2D eigenvalue weighted by Crippen LogP contribution is 2.27. The van der Waals surface area contributed by atoms with Crippen LogP contribution in [-0.4, -0.2) is 16.6 Å². The van der Waals surface area contributed by atoms with Crippen LogP contribution >= 0.6 is 0 Å². The molecule has 2 heterocycles. The van der Waals surface area contributed by atoms with Crippen molar-refractivity contribution in [3.05, 3.63) is 23.8 Å². The predicted molar refractivity (Wildman–Crippen MR) is 48.1 cm³/mol. The van der Waals surface area contributed by atoms with E-state index < -0.39 is 0 Å². The fourth-order valence-corrected chi connectivity index (χ4v) is 1.65. The van der Waals surface area contributed by atoms with E-state index in [0.29, 0.717) is 0 Å². The summed E-state index contributed by atoms with van der Waals surface area (Å²) in [5, 5.41) is 0. The summed E-state index contributed by atoms with van der Waals surface area (Å²) in [6, 6.07) is 0. The number of aryl methyl sites for hydroxylation is 1. The van der Waals surface area contributed by atoms with Gasteiger partial charge in [0.25, 0.3) is 0 Å². The zero-order chi connectivity index (χ0) is 9.10. The van der Waals surface area contributed by atoms with Crippen molar-refractivity contribution in [1.29, 1.82) is 0 Å². The predicted octanol–water partition coefficient (Wildman–Crippen LogP) is 1.83. The molecular formula is C10H13N2O. The first-order valence-electron chi connectivity index (χ1n) is 4.69. The van der Waals surface area contributed by atoms with Gasteiger partial charge in [-0.15, -0.1) is 0 Å². The summed E-state index contributed by atoms with van der Waals surface area (Å²) in [6.07, 6.45) is 8.06. The smallest absolute Gasteiger partial charge is 0.198 e. The van der Waals surface area contributed by atoms with Gasteiger partial charge in [0, 0.05) is 12.8 Å². The van der Waals surface area contributed by atoms with Gasteiger partial charge in [-0.05, 0) is 31.7 Å². The zero-order valence-corrected chi connectivity index (χ0v) is 7.79. The van der Waals surface area contributed by atoms with Gasteiger partial charge in [-0.2, -0.15) is 0 Å². The summed E-state index contributed by atoms with van der Waals surface area (Å²) in [5.41, 5.74) is 2.11. The van der Waals surface area contributed by atoms with Gasteiger partial charge in [0.1, 0.15) is 0 Å². The van der Waals surface area contributed by atoms with Crippen molar-refractivity contribution in [2.45, 2.75) is 32.3 Å². The summed E-state index contributed by atoms with van der Waals surface area (Å²) in [7, 11) is 0. The third kappa shape index (κ3) is 1.86. The second-order valence-corrected chi connectivity index (χ2v) is 3.39. The average molecular weight is 177 g/mol. The van der Waals surface area contributed by atoms with Crippen LogP contribution in [0.2, 0.25) is 0 Å². The molecule has 0 aromatic carbocycles. The summed E-state index contributed by atoms with van der Waals surface area (Å²) in [5.74, 6) is 0. The molecule has 3 heteroatoms. The Morgan fingerprint density at radius 2 is 2.46 bits per heavy atom. The minimum Gasteiger partial charge on any atom is -0.372 e. The van der Waals surface area contributed by atoms with Gasteiger partial charge < -0.3 is 4.74 Å². The first-order chi connectivity index (χ1) is 6.38. The largest absolute Gasteiger partial charge is 0.372 e. The number of nitrogens with zero attached hydrogens (tertiary/aromatic N) is 2. The molecule has 1 saturated heterocycles. The van der Waals surface area contributed by atoms with Crippen molar-refractivity contribution >= 4 is 0 Å². The lowest BCUT2D eigenvalue weighted by atomic mass is 10.0. The molecular weight excluding hydrogens is 164 g/mol. The van der Waals surface area contributed by atoms with Crippen molar-refractivity contribution in [2.24, 2.45) is 0 Å². The summed E-state index contributed by atoms with van der Waals surface area (Å²) in [4.78, 5) is 7.99. The van der Waals surface area contributed by atoms with E-state index in [-0.39, 0.29) is 6.10 Å². The molecule has 2 rings (SSSR count). The van der Waals surface area contributed by atoms with Crippen molar-refractivity contribution in [1.82, 2.24) is 9.97 Å². The second-order valence-electron chi connectivity index (χ2n) is 3.39.